The van der Waals surface area contributed by atoms with Gasteiger partial charge in [-0.3, -0.25) is 14.2 Å². The number of anilines is 1. The van der Waals surface area contributed by atoms with E-state index in [0.29, 0.717) is 26.6 Å². The van der Waals surface area contributed by atoms with Crippen molar-refractivity contribution in [1.82, 2.24) is 9.55 Å². The minimum absolute atomic E-state index is 0.0791. The Kier molecular flexibility index (Phi) is 5.93. The zero-order valence-electron chi connectivity index (χ0n) is 17.2. The molecule has 0 bridgehead atoms. The summed E-state index contributed by atoms with van der Waals surface area (Å²) < 4.78 is 15.6. The van der Waals surface area contributed by atoms with Gasteiger partial charge < -0.3 is 5.32 Å². The predicted octanol–water partition coefficient (Wildman–Crippen LogP) is 5.24. The molecule has 0 unspecified atom stereocenters. The molecular formula is C23H20FN3O2S2. The molecule has 0 saturated heterocycles. The van der Waals surface area contributed by atoms with Crippen molar-refractivity contribution in [1.29, 1.82) is 0 Å². The fourth-order valence-electron chi connectivity index (χ4n) is 3.26. The molecule has 2 aromatic heterocycles. The summed E-state index contributed by atoms with van der Waals surface area (Å²) in [6, 6.07) is 11.9. The SMILES string of the molecule is Cc1ccc(C)c(NC(=O)CSc2nc3ccsc3c(=O)n2-c2ccc(F)cc2C)c1. The number of amides is 1. The smallest absolute Gasteiger partial charge is 0.276 e. The zero-order chi connectivity index (χ0) is 22.1. The Labute approximate surface area is 187 Å². The van der Waals surface area contributed by atoms with Crippen LogP contribution in [0, 0.1) is 26.6 Å². The first-order chi connectivity index (χ1) is 14.8. The van der Waals surface area contributed by atoms with Crippen LogP contribution in [0.2, 0.25) is 0 Å². The summed E-state index contributed by atoms with van der Waals surface area (Å²) in [5.74, 6) is -0.488. The highest BCUT2D eigenvalue weighted by molar-refractivity contribution is 7.99. The second kappa shape index (κ2) is 8.64. The number of carbonyl (C=O) groups is 1. The molecule has 2 heterocycles. The van der Waals surface area contributed by atoms with Gasteiger partial charge in [0.15, 0.2) is 5.16 Å². The van der Waals surface area contributed by atoms with Gasteiger partial charge in [0.25, 0.3) is 5.56 Å². The number of aryl methyl sites for hydroxylation is 3. The van der Waals surface area contributed by atoms with Crippen LogP contribution in [0.4, 0.5) is 10.1 Å². The maximum atomic E-state index is 13.6. The highest BCUT2D eigenvalue weighted by atomic mass is 32.2. The summed E-state index contributed by atoms with van der Waals surface area (Å²) in [5, 5.41) is 5.12. The fraction of sp³-hybridized carbons (Fsp3) is 0.174. The summed E-state index contributed by atoms with van der Waals surface area (Å²) in [6.45, 7) is 5.64. The van der Waals surface area contributed by atoms with Gasteiger partial charge in [-0.25, -0.2) is 9.37 Å². The molecule has 0 aliphatic rings. The summed E-state index contributed by atoms with van der Waals surface area (Å²) in [4.78, 5) is 30.4. The van der Waals surface area contributed by atoms with Gasteiger partial charge in [-0.05, 0) is 73.2 Å². The third-order valence-corrected chi connectivity index (χ3v) is 6.68. The summed E-state index contributed by atoms with van der Waals surface area (Å²) >= 11 is 2.49. The van der Waals surface area contributed by atoms with Gasteiger partial charge in [-0.15, -0.1) is 11.3 Å². The Hall–Kier alpha value is -2.97. The molecule has 4 aromatic rings. The fourth-order valence-corrected chi connectivity index (χ4v) is 4.82. The largest absolute Gasteiger partial charge is 0.325 e. The number of hydrogen-bond donors (Lipinski definition) is 1. The number of nitrogens with one attached hydrogen (secondary N) is 1. The van der Waals surface area contributed by atoms with Crippen molar-refractivity contribution in [2.75, 3.05) is 11.1 Å². The maximum absolute atomic E-state index is 13.6. The van der Waals surface area contributed by atoms with Crippen LogP contribution in [0.1, 0.15) is 16.7 Å². The quantitative estimate of drug-likeness (QED) is 0.331. The van der Waals surface area contributed by atoms with E-state index in [1.165, 1.54) is 39.8 Å². The number of benzene rings is 2. The number of aromatic nitrogens is 2. The van der Waals surface area contributed by atoms with E-state index < -0.39 is 0 Å². The van der Waals surface area contributed by atoms with Crippen molar-refractivity contribution in [3.63, 3.8) is 0 Å². The van der Waals surface area contributed by atoms with Crippen LogP contribution < -0.4 is 10.9 Å². The van der Waals surface area contributed by atoms with Crippen molar-refractivity contribution >= 4 is 44.9 Å². The van der Waals surface area contributed by atoms with Crippen LogP contribution in [-0.4, -0.2) is 21.2 Å². The molecular weight excluding hydrogens is 433 g/mol. The van der Waals surface area contributed by atoms with Gasteiger partial charge in [0.2, 0.25) is 5.91 Å². The van der Waals surface area contributed by atoms with Crippen LogP contribution in [0.15, 0.2) is 57.8 Å². The average molecular weight is 454 g/mol. The van der Waals surface area contributed by atoms with E-state index >= 15 is 0 Å². The first-order valence-corrected chi connectivity index (χ1v) is 11.5. The first kappa shape index (κ1) is 21.3. The molecule has 0 atom stereocenters. The molecule has 1 N–H and O–H groups in total. The second-order valence-corrected chi connectivity index (χ2v) is 9.11. The van der Waals surface area contributed by atoms with E-state index in [-0.39, 0.29) is 23.0 Å². The molecule has 31 heavy (non-hydrogen) atoms. The normalized spacial score (nSPS) is 11.1. The monoisotopic (exact) mass is 453 g/mol. The van der Waals surface area contributed by atoms with Crippen LogP contribution in [-0.2, 0) is 4.79 Å². The van der Waals surface area contributed by atoms with Gasteiger partial charge in [0.1, 0.15) is 10.5 Å². The minimum atomic E-state index is -0.374. The topological polar surface area (TPSA) is 64.0 Å². The minimum Gasteiger partial charge on any atom is -0.325 e. The Morgan fingerprint density at radius 3 is 2.71 bits per heavy atom. The molecule has 5 nitrogen and oxygen atoms in total. The molecule has 4 rings (SSSR count). The van der Waals surface area contributed by atoms with Crippen molar-refractivity contribution in [3.05, 3.63) is 80.7 Å². The van der Waals surface area contributed by atoms with Crippen molar-refractivity contribution in [2.45, 2.75) is 25.9 Å². The lowest BCUT2D eigenvalue weighted by atomic mass is 10.1. The second-order valence-electron chi connectivity index (χ2n) is 7.26. The Morgan fingerprint density at radius 2 is 1.94 bits per heavy atom. The van der Waals surface area contributed by atoms with E-state index in [1.54, 1.807) is 19.1 Å². The number of carbonyl (C=O) groups excluding carboxylic acids is 1. The third-order valence-electron chi connectivity index (χ3n) is 4.85. The molecule has 0 fully saturated rings. The number of rotatable bonds is 5. The Bertz CT molecular complexity index is 1360. The summed E-state index contributed by atoms with van der Waals surface area (Å²) in [5.41, 5.74) is 4.31. The van der Waals surface area contributed by atoms with Crippen LogP contribution in [0.25, 0.3) is 15.9 Å². The summed E-state index contributed by atoms with van der Waals surface area (Å²) in [7, 11) is 0. The van der Waals surface area contributed by atoms with E-state index in [9.17, 15) is 14.0 Å². The molecule has 0 spiro atoms. The van der Waals surface area contributed by atoms with E-state index in [0.717, 1.165) is 16.8 Å². The van der Waals surface area contributed by atoms with Gasteiger partial charge in [-0.2, -0.15) is 0 Å². The molecule has 2 aromatic carbocycles. The van der Waals surface area contributed by atoms with Crippen molar-refractivity contribution in [2.24, 2.45) is 0 Å². The lowest BCUT2D eigenvalue weighted by molar-refractivity contribution is -0.113. The molecule has 1 amide bonds. The number of halogens is 1. The molecule has 0 radical (unpaired) electrons. The van der Waals surface area contributed by atoms with Crippen molar-refractivity contribution in [3.8, 4) is 5.69 Å². The lowest BCUT2D eigenvalue weighted by Crippen LogP contribution is -2.23. The number of fused-ring (bicyclic) bond motifs is 1. The predicted molar refractivity (Wildman–Crippen MR) is 125 cm³/mol. The molecule has 0 aliphatic carbocycles. The zero-order valence-corrected chi connectivity index (χ0v) is 18.9. The van der Waals surface area contributed by atoms with E-state index in [4.69, 9.17) is 0 Å². The van der Waals surface area contributed by atoms with Crippen LogP contribution >= 0.6 is 23.1 Å². The van der Waals surface area contributed by atoms with Crippen LogP contribution in [0.3, 0.4) is 0 Å². The number of hydrogen-bond acceptors (Lipinski definition) is 5. The van der Waals surface area contributed by atoms with E-state index in [1.807, 2.05) is 37.4 Å². The average Bonchev–Trinajstić information content (AvgIpc) is 3.19. The molecule has 0 saturated carbocycles. The van der Waals surface area contributed by atoms with E-state index in [2.05, 4.69) is 10.3 Å². The van der Waals surface area contributed by atoms with Crippen molar-refractivity contribution < 1.29 is 9.18 Å². The third kappa shape index (κ3) is 4.40. The van der Waals surface area contributed by atoms with Gasteiger partial charge in [0.05, 0.1) is 17.0 Å². The number of thioether (sulfide) groups is 1. The highest BCUT2D eigenvalue weighted by Gasteiger charge is 2.17. The standard InChI is InChI=1S/C23H20FN3O2S2/c1-13-4-5-14(2)18(10-13)25-20(28)12-31-23-26-17-8-9-30-21(17)22(29)27(23)19-7-6-16(24)11-15(19)3/h4-11H,12H2,1-3H3,(H,25,28). The summed E-state index contributed by atoms with van der Waals surface area (Å²) in [6.07, 6.45) is 0. The molecule has 0 aliphatic heterocycles. The number of nitrogens with zero attached hydrogens (tertiary/aromatic N) is 2. The maximum Gasteiger partial charge on any atom is 0.276 e. The lowest BCUT2D eigenvalue weighted by Gasteiger charge is -2.14. The highest BCUT2D eigenvalue weighted by Crippen LogP contribution is 2.26. The molecule has 8 heteroatoms. The van der Waals surface area contributed by atoms with Gasteiger partial charge in [-0.1, -0.05) is 23.9 Å². The molecule has 158 valence electrons. The Morgan fingerprint density at radius 1 is 1.13 bits per heavy atom. The first-order valence-electron chi connectivity index (χ1n) is 9.60. The Balaban J connectivity index is 1.67. The van der Waals surface area contributed by atoms with Gasteiger partial charge >= 0.3 is 0 Å². The van der Waals surface area contributed by atoms with Gasteiger partial charge in [0, 0.05) is 5.69 Å². The number of thiophene rings is 1. The van der Waals surface area contributed by atoms with Crippen LogP contribution in [0.5, 0.6) is 0 Å².